The van der Waals surface area contributed by atoms with Crippen LogP contribution in [0.4, 0.5) is 0 Å². The molecule has 0 radical (unpaired) electrons. The van der Waals surface area contributed by atoms with Crippen molar-refractivity contribution in [3.8, 4) is 0 Å². The van der Waals surface area contributed by atoms with Crippen LogP contribution in [0.3, 0.4) is 0 Å². The maximum atomic E-state index is 3.63. The van der Waals surface area contributed by atoms with Gasteiger partial charge in [0.05, 0.1) is 0 Å². The minimum absolute atomic E-state index is 0.203. The summed E-state index contributed by atoms with van der Waals surface area (Å²) in [5, 5.41) is 6.94. The first-order chi connectivity index (χ1) is 8.49. The predicted octanol–water partition coefficient (Wildman–Crippen LogP) is 2.39. The van der Waals surface area contributed by atoms with Crippen molar-refractivity contribution in [2.75, 3.05) is 26.2 Å². The van der Waals surface area contributed by atoms with Gasteiger partial charge in [0.25, 0.3) is 0 Å². The van der Waals surface area contributed by atoms with Gasteiger partial charge in [-0.3, -0.25) is 0 Å². The molecule has 2 nitrogen and oxygen atoms in total. The van der Waals surface area contributed by atoms with Gasteiger partial charge in [-0.05, 0) is 30.9 Å². The zero-order chi connectivity index (χ0) is 13.2. The average Bonchev–Trinajstić information content (AvgIpc) is 2.21. The minimum Gasteiger partial charge on any atom is -0.316 e. The van der Waals surface area contributed by atoms with Crippen molar-refractivity contribution in [2.45, 2.75) is 33.1 Å². The van der Waals surface area contributed by atoms with E-state index in [4.69, 9.17) is 0 Å². The summed E-state index contributed by atoms with van der Waals surface area (Å²) in [6.45, 7) is 13.6. The first-order valence-corrected chi connectivity index (χ1v) is 6.98. The molecule has 100 valence electrons. The Labute approximate surface area is 111 Å². The fourth-order valence-electron chi connectivity index (χ4n) is 2.75. The van der Waals surface area contributed by atoms with E-state index in [-0.39, 0.29) is 5.41 Å². The highest BCUT2D eigenvalue weighted by atomic mass is 15.0. The SMILES string of the molecule is Cc1ccc(C(C)(C)CNCC2CNC2)c(C)c1. The molecule has 18 heavy (non-hydrogen) atoms. The second-order valence-corrected chi connectivity index (χ2v) is 6.36. The van der Waals surface area contributed by atoms with Crippen molar-refractivity contribution in [3.05, 3.63) is 34.9 Å². The molecule has 2 heteroatoms. The van der Waals surface area contributed by atoms with Crippen LogP contribution in [-0.4, -0.2) is 26.2 Å². The summed E-state index contributed by atoms with van der Waals surface area (Å²) < 4.78 is 0. The van der Waals surface area contributed by atoms with Crippen LogP contribution in [-0.2, 0) is 5.41 Å². The highest BCUT2D eigenvalue weighted by molar-refractivity contribution is 5.35. The van der Waals surface area contributed by atoms with Gasteiger partial charge in [0.2, 0.25) is 0 Å². The van der Waals surface area contributed by atoms with Crippen molar-refractivity contribution < 1.29 is 0 Å². The molecule has 0 aliphatic carbocycles. The lowest BCUT2D eigenvalue weighted by atomic mass is 9.81. The van der Waals surface area contributed by atoms with Crippen molar-refractivity contribution >= 4 is 0 Å². The van der Waals surface area contributed by atoms with Crippen LogP contribution < -0.4 is 10.6 Å². The van der Waals surface area contributed by atoms with Crippen LogP contribution in [0.25, 0.3) is 0 Å². The maximum Gasteiger partial charge on any atom is 0.00434 e. The number of aryl methyl sites for hydroxylation is 2. The van der Waals surface area contributed by atoms with Crippen LogP contribution >= 0.6 is 0 Å². The fraction of sp³-hybridized carbons (Fsp3) is 0.625. The smallest absolute Gasteiger partial charge is 0.00434 e. The van der Waals surface area contributed by atoms with Crippen molar-refractivity contribution in [3.63, 3.8) is 0 Å². The zero-order valence-electron chi connectivity index (χ0n) is 12.1. The van der Waals surface area contributed by atoms with Gasteiger partial charge in [-0.1, -0.05) is 37.6 Å². The lowest BCUT2D eigenvalue weighted by Crippen LogP contribution is -2.48. The van der Waals surface area contributed by atoms with E-state index in [2.05, 4.69) is 56.5 Å². The molecular formula is C16H26N2. The number of nitrogens with one attached hydrogen (secondary N) is 2. The van der Waals surface area contributed by atoms with Gasteiger partial charge in [-0.25, -0.2) is 0 Å². The van der Waals surface area contributed by atoms with Crippen LogP contribution in [0, 0.1) is 19.8 Å². The summed E-state index contributed by atoms with van der Waals surface area (Å²) in [5.41, 5.74) is 4.43. The number of rotatable bonds is 5. The molecule has 0 saturated carbocycles. The first-order valence-electron chi connectivity index (χ1n) is 6.98. The summed E-state index contributed by atoms with van der Waals surface area (Å²) >= 11 is 0. The van der Waals surface area contributed by atoms with Gasteiger partial charge in [0.1, 0.15) is 0 Å². The third-order valence-electron chi connectivity index (χ3n) is 3.98. The largest absolute Gasteiger partial charge is 0.316 e. The van der Waals surface area contributed by atoms with Crippen LogP contribution in [0.5, 0.6) is 0 Å². The molecule has 0 amide bonds. The topological polar surface area (TPSA) is 24.1 Å². The van der Waals surface area contributed by atoms with Gasteiger partial charge in [0, 0.05) is 31.6 Å². The predicted molar refractivity (Wildman–Crippen MR) is 78.2 cm³/mol. The quantitative estimate of drug-likeness (QED) is 0.833. The Morgan fingerprint density at radius 3 is 2.56 bits per heavy atom. The summed E-state index contributed by atoms with van der Waals surface area (Å²) in [6.07, 6.45) is 0. The third-order valence-corrected chi connectivity index (χ3v) is 3.98. The molecule has 1 aromatic rings. The number of hydrogen-bond donors (Lipinski definition) is 2. The molecule has 2 N–H and O–H groups in total. The van der Waals surface area contributed by atoms with Crippen molar-refractivity contribution in [1.29, 1.82) is 0 Å². The van der Waals surface area contributed by atoms with Gasteiger partial charge < -0.3 is 10.6 Å². The molecule has 1 aliphatic heterocycles. The molecule has 1 heterocycles. The number of benzene rings is 1. The van der Waals surface area contributed by atoms with E-state index in [1.54, 1.807) is 0 Å². The minimum atomic E-state index is 0.203. The Hall–Kier alpha value is -0.860. The van der Waals surface area contributed by atoms with Crippen LogP contribution in [0.1, 0.15) is 30.5 Å². The first kappa shape index (κ1) is 13.6. The van der Waals surface area contributed by atoms with Crippen LogP contribution in [0.2, 0.25) is 0 Å². The molecular weight excluding hydrogens is 220 g/mol. The van der Waals surface area contributed by atoms with E-state index in [1.165, 1.54) is 29.8 Å². The highest BCUT2D eigenvalue weighted by Crippen LogP contribution is 2.26. The second kappa shape index (κ2) is 5.41. The van der Waals surface area contributed by atoms with E-state index in [1.807, 2.05) is 0 Å². The summed E-state index contributed by atoms with van der Waals surface area (Å²) in [5.74, 6) is 0.833. The summed E-state index contributed by atoms with van der Waals surface area (Å²) in [4.78, 5) is 0. The molecule has 0 bridgehead atoms. The molecule has 2 rings (SSSR count). The van der Waals surface area contributed by atoms with E-state index in [9.17, 15) is 0 Å². The monoisotopic (exact) mass is 246 g/mol. The molecule has 0 atom stereocenters. The normalized spacial score (nSPS) is 16.7. The molecule has 1 saturated heterocycles. The van der Waals surface area contributed by atoms with Gasteiger partial charge in [-0.2, -0.15) is 0 Å². The number of hydrogen-bond acceptors (Lipinski definition) is 2. The third kappa shape index (κ3) is 3.12. The Morgan fingerprint density at radius 2 is 2.00 bits per heavy atom. The Bertz CT molecular complexity index is 406. The fourth-order valence-corrected chi connectivity index (χ4v) is 2.75. The van der Waals surface area contributed by atoms with Gasteiger partial charge in [-0.15, -0.1) is 0 Å². The lowest BCUT2D eigenvalue weighted by Gasteiger charge is -2.31. The maximum absolute atomic E-state index is 3.63. The highest BCUT2D eigenvalue weighted by Gasteiger charge is 2.23. The summed E-state index contributed by atoms with van der Waals surface area (Å²) in [6, 6.07) is 6.80. The van der Waals surface area contributed by atoms with Gasteiger partial charge in [0.15, 0.2) is 0 Å². The lowest BCUT2D eigenvalue weighted by molar-refractivity contribution is 0.319. The molecule has 0 unspecified atom stereocenters. The van der Waals surface area contributed by atoms with E-state index in [0.717, 1.165) is 19.0 Å². The Kier molecular flexibility index (Phi) is 4.08. The standard InChI is InChI=1S/C16H26N2/c1-12-5-6-15(13(2)7-12)16(3,4)11-18-10-14-8-17-9-14/h5-7,14,17-18H,8-11H2,1-4H3. The molecule has 0 aromatic heterocycles. The molecule has 0 spiro atoms. The Balaban J connectivity index is 1.95. The van der Waals surface area contributed by atoms with Gasteiger partial charge >= 0.3 is 0 Å². The van der Waals surface area contributed by atoms with Crippen molar-refractivity contribution in [1.82, 2.24) is 10.6 Å². The Morgan fingerprint density at radius 1 is 1.28 bits per heavy atom. The van der Waals surface area contributed by atoms with E-state index in [0.29, 0.717) is 0 Å². The van der Waals surface area contributed by atoms with E-state index < -0.39 is 0 Å². The van der Waals surface area contributed by atoms with E-state index >= 15 is 0 Å². The average molecular weight is 246 g/mol. The molecule has 1 aromatic carbocycles. The molecule has 1 aliphatic rings. The van der Waals surface area contributed by atoms with Crippen molar-refractivity contribution in [2.24, 2.45) is 5.92 Å². The van der Waals surface area contributed by atoms with Crippen LogP contribution in [0.15, 0.2) is 18.2 Å². The summed E-state index contributed by atoms with van der Waals surface area (Å²) in [7, 11) is 0. The zero-order valence-corrected chi connectivity index (χ0v) is 12.1. The second-order valence-electron chi connectivity index (χ2n) is 6.36. The molecule has 1 fully saturated rings.